The molecule has 1 amide bonds. The third kappa shape index (κ3) is 4.27. The van der Waals surface area contributed by atoms with Crippen molar-refractivity contribution in [3.8, 4) is 5.75 Å². The largest absolute Gasteiger partial charge is 0.497 e. The summed E-state index contributed by atoms with van der Waals surface area (Å²) in [6, 6.07) is 14.6. The second kappa shape index (κ2) is 7.82. The van der Waals surface area contributed by atoms with Crippen molar-refractivity contribution >= 4 is 11.6 Å². The highest BCUT2D eigenvalue weighted by molar-refractivity contribution is 6.04. The highest BCUT2D eigenvalue weighted by Gasteiger charge is 2.11. The first-order valence-electron chi connectivity index (χ1n) is 8.42. The summed E-state index contributed by atoms with van der Waals surface area (Å²) in [7, 11) is 1.57. The van der Waals surface area contributed by atoms with Gasteiger partial charge >= 0.3 is 0 Å². The van der Waals surface area contributed by atoms with E-state index in [9.17, 15) is 4.79 Å². The minimum absolute atomic E-state index is 0.184. The highest BCUT2D eigenvalue weighted by Crippen LogP contribution is 2.17. The monoisotopic (exact) mass is 351 g/mol. The van der Waals surface area contributed by atoms with Crippen LogP contribution in [0.5, 0.6) is 5.75 Å². The van der Waals surface area contributed by atoms with Gasteiger partial charge in [0.25, 0.3) is 5.91 Å². The number of amides is 1. The van der Waals surface area contributed by atoms with Crippen molar-refractivity contribution in [2.45, 2.75) is 26.2 Å². The summed E-state index contributed by atoms with van der Waals surface area (Å²) in [5, 5.41) is 6.87. The summed E-state index contributed by atoms with van der Waals surface area (Å²) in [4.78, 5) is 16.7. The zero-order chi connectivity index (χ0) is 18.5. The van der Waals surface area contributed by atoms with Crippen LogP contribution in [0.25, 0.3) is 0 Å². The maximum atomic E-state index is 12.3. The molecule has 0 bridgehead atoms. The van der Waals surface area contributed by atoms with Crippen LogP contribution in [0.4, 0.5) is 5.69 Å². The molecular weight excluding hydrogens is 330 g/mol. The van der Waals surface area contributed by atoms with Gasteiger partial charge in [0.15, 0.2) is 5.82 Å². The van der Waals surface area contributed by atoms with Crippen LogP contribution in [-0.2, 0) is 6.42 Å². The quantitative estimate of drug-likeness (QED) is 0.725. The SMILES string of the molecule is COc1cccc(C(=O)Nc2ccc(Cc3noc(C(C)C)n3)cc2)c1. The number of nitrogens with one attached hydrogen (secondary N) is 1. The molecule has 0 atom stereocenters. The van der Waals surface area contributed by atoms with Gasteiger partial charge in [0.05, 0.1) is 7.11 Å². The fraction of sp³-hybridized carbons (Fsp3) is 0.250. The van der Waals surface area contributed by atoms with Gasteiger partial charge < -0.3 is 14.6 Å². The Morgan fingerprint density at radius 2 is 1.96 bits per heavy atom. The number of rotatable bonds is 6. The molecule has 0 aliphatic heterocycles. The number of hydrogen-bond donors (Lipinski definition) is 1. The number of ether oxygens (including phenoxy) is 1. The molecule has 0 saturated carbocycles. The second-order valence-electron chi connectivity index (χ2n) is 6.26. The number of hydrogen-bond acceptors (Lipinski definition) is 5. The minimum Gasteiger partial charge on any atom is -0.497 e. The van der Waals surface area contributed by atoms with Gasteiger partial charge in [-0.05, 0) is 35.9 Å². The van der Waals surface area contributed by atoms with E-state index in [0.29, 0.717) is 29.4 Å². The van der Waals surface area contributed by atoms with Gasteiger partial charge in [-0.2, -0.15) is 4.98 Å². The number of carbonyl (C=O) groups excluding carboxylic acids is 1. The van der Waals surface area contributed by atoms with Gasteiger partial charge in [-0.1, -0.05) is 37.2 Å². The van der Waals surface area contributed by atoms with Crippen LogP contribution in [0, 0.1) is 0 Å². The summed E-state index contributed by atoms with van der Waals surface area (Å²) in [6.45, 7) is 4.02. The lowest BCUT2D eigenvalue weighted by atomic mass is 10.1. The van der Waals surface area contributed by atoms with Crippen molar-refractivity contribution < 1.29 is 14.1 Å². The van der Waals surface area contributed by atoms with E-state index in [0.717, 1.165) is 11.3 Å². The van der Waals surface area contributed by atoms with Crippen LogP contribution >= 0.6 is 0 Å². The van der Waals surface area contributed by atoms with Crippen LogP contribution in [0.2, 0.25) is 0 Å². The van der Waals surface area contributed by atoms with E-state index in [1.807, 2.05) is 38.1 Å². The minimum atomic E-state index is -0.184. The van der Waals surface area contributed by atoms with Crippen LogP contribution in [-0.4, -0.2) is 23.2 Å². The molecule has 0 fully saturated rings. The zero-order valence-electron chi connectivity index (χ0n) is 15.0. The first-order valence-corrected chi connectivity index (χ1v) is 8.42. The molecule has 1 N–H and O–H groups in total. The molecule has 0 unspecified atom stereocenters. The summed E-state index contributed by atoms with van der Waals surface area (Å²) in [6.07, 6.45) is 0.584. The molecule has 0 spiro atoms. The first kappa shape index (κ1) is 17.7. The number of methoxy groups -OCH3 is 1. The van der Waals surface area contributed by atoms with Crippen LogP contribution in [0.3, 0.4) is 0 Å². The van der Waals surface area contributed by atoms with Crippen molar-refractivity contribution in [1.29, 1.82) is 0 Å². The third-order valence-electron chi connectivity index (χ3n) is 3.88. The van der Waals surface area contributed by atoms with E-state index in [2.05, 4.69) is 15.5 Å². The standard InChI is InChI=1S/C20H21N3O3/c1-13(2)20-22-18(23-26-20)11-14-7-9-16(10-8-14)21-19(24)15-5-4-6-17(12-15)25-3/h4-10,12-13H,11H2,1-3H3,(H,21,24). The molecular formula is C20H21N3O3. The molecule has 6 nitrogen and oxygen atoms in total. The van der Waals surface area contributed by atoms with Gasteiger partial charge in [0, 0.05) is 23.6 Å². The summed E-state index contributed by atoms with van der Waals surface area (Å²) >= 11 is 0. The lowest BCUT2D eigenvalue weighted by Gasteiger charge is -2.07. The van der Waals surface area contributed by atoms with E-state index in [4.69, 9.17) is 9.26 Å². The first-order chi connectivity index (χ1) is 12.5. The second-order valence-corrected chi connectivity index (χ2v) is 6.26. The van der Waals surface area contributed by atoms with Gasteiger partial charge in [0.2, 0.25) is 5.89 Å². The molecule has 0 radical (unpaired) electrons. The number of benzene rings is 2. The number of aromatic nitrogens is 2. The molecule has 6 heteroatoms. The Bertz CT molecular complexity index is 885. The Labute approximate surface area is 152 Å². The fourth-order valence-electron chi connectivity index (χ4n) is 2.43. The van der Waals surface area contributed by atoms with E-state index >= 15 is 0 Å². The number of anilines is 1. The average Bonchev–Trinajstić information content (AvgIpc) is 3.12. The topological polar surface area (TPSA) is 77.2 Å². The van der Waals surface area contributed by atoms with E-state index in [-0.39, 0.29) is 11.8 Å². The molecule has 26 heavy (non-hydrogen) atoms. The van der Waals surface area contributed by atoms with Crippen molar-refractivity contribution in [2.24, 2.45) is 0 Å². The van der Waals surface area contributed by atoms with Crippen LogP contribution in [0.15, 0.2) is 53.1 Å². The predicted molar refractivity (Wildman–Crippen MR) is 98.6 cm³/mol. The molecule has 0 aliphatic carbocycles. The summed E-state index contributed by atoms with van der Waals surface area (Å²) in [5.41, 5.74) is 2.31. The van der Waals surface area contributed by atoms with Crippen LogP contribution < -0.4 is 10.1 Å². The number of nitrogens with zero attached hydrogens (tertiary/aromatic N) is 2. The Morgan fingerprint density at radius 3 is 2.62 bits per heavy atom. The molecule has 0 saturated heterocycles. The highest BCUT2D eigenvalue weighted by atomic mass is 16.5. The van der Waals surface area contributed by atoms with Crippen molar-refractivity contribution in [1.82, 2.24) is 10.1 Å². The summed E-state index contributed by atoms with van der Waals surface area (Å²) in [5.74, 6) is 1.97. The van der Waals surface area contributed by atoms with E-state index in [1.54, 1.807) is 31.4 Å². The fourth-order valence-corrected chi connectivity index (χ4v) is 2.43. The molecule has 2 aromatic carbocycles. The normalized spacial score (nSPS) is 10.8. The predicted octanol–water partition coefficient (Wildman–Crippen LogP) is 4.04. The Morgan fingerprint density at radius 1 is 1.19 bits per heavy atom. The van der Waals surface area contributed by atoms with E-state index in [1.165, 1.54) is 0 Å². The van der Waals surface area contributed by atoms with Gasteiger partial charge in [-0.15, -0.1) is 0 Å². The maximum Gasteiger partial charge on any atom is 0.255 e. The van der Waals surface area contributed by atoms with Gasteiger partial charge in [-0.3, -0.25) is 4.79 Å². The summed E-state index contributed by atoms with van der Waals surface area (Å²) < 4.78 is 10.4. The molecule has 3 rings (SSSR count). The molecule has 3 aromatic rings. The molecule has 0 aliphatic rings. The lowest BCUT2D eigenvalue weighted by molar-refractivity contribution is 0.102. The molecule has 134 valence electrons. The van der Waals surface area contributed by atoms with Gasteiger partial charge in [0.1, 0.15) is 5.75 Å². The van der Waals surface area contributed by atoms with Crippen molar-refractivity contribution in [3.05, 3.63) is 71.4 Å². The molecule has 1 aromatic heterocycles. The lowest BCUT2D eigenvalue weighted by Crippen LogP contribution is -2.11. The Balaban J connectivity index is 1.64. The van der Waals surface area contributed by atoms with Crippen molar-refractivity contribution in [3.63, 3.8) is 0 Å². The van der Waals surface area contributed by atoms with E-state index < -0.39 is 0 Å². The third-order valence-corrected chi connectivity index (χ3v) is 3.88. The van der Waals surface area contributed by atoms with Crippen molar-refractivity contribution in [2.75, 3.05) is 12.4 Å². The van der Waals surface area contributed by atoms with Crippen LogP contribution in [0.1, 0.15) is 47.4 Å². The maximum absolute atomic E-state index is 12.3. The van der Waals surface area contributed by atoms with Gasteiger partial charge in [-0.25, -0.2) is 0 Å². The zero-order valence-corrected chi connectivity index (χ0v) is 15.0. The smallest absolute Gasteiger partial charge is 0.255 e. The molecule has 1 heterocycles. The Kier molecular flexibility index (Phi) is 5.31. The Hall–Kier alpha value is -3.15. The number of carbonyl (C=O) groups is 1. The average molecular weight is 351 g/mol.